The van der Waals surface area contributed by atoms with Crippen LogP contribution in [-0.2, 0) is 24.2 Å². The molecule has 0 radical (unpaired) electrons. The molecule has 0 aliphatic carbocycles. The predicted molar refractivity (Wildman–Crippen MR) is 99.6 cm³/mol. The highest BCUT2D eigenvalue weighted by Crippen LogP contribution is 2.22. The molecule has 1 aromatic heterocycles. The number of likely N-dealkylation sites (N-methyl/N-ethyl adjacent to an activating group) is 1. The van der Waals surface area contributed by atoms with E-state index in [0.717, 1.165) is 47.6 Å². The Labute approximate surface area is 147 Å². The monoisotopic (exact) mass is 334 g/mol. The Hall–Kier alpha value is -2.66. The van der Waals surface area contributed by atoms with E-state index in [1.807, 2.05) is 31.2 Å². The maximum atomic E-state index is 12.4. The molecule has 3 aromatic rings. The minimum absolute atomic E-state index is 0.000277. The van der Waals surface area contributed by atoms with Gasteiger partial charge in [0.25, 0.3) is 0 Å². The number of hydrogen-bond acceptors (Lipinski definition) is 3. The first-order chi connectivity index (χ1) is 12.1. The third kappa shape index (κ3) is 3.42. The Morgan fingerprint density at radius 1 is 1.24 bits per heavy atom. The summed E-state index contributed by atoms with van der Waals surface area (Å²) in [6.45, 7) is 3.96. The van der Waals surface area contributed by atoms with Gasteiger partial charge in [0.05, 0.1) is 17.5 Å². The predicted octanol–water partition coefficient (Wildman–Crippen LogP) is 3.04. The number of rotatable bonds is 3. The number of carbonyl (C=O) groups excluding carboxylic acids is 1. The second-order valence-electron chi connectivity index (χ2n) is 6.87. The van der Waals surface area contributed by atoms with Gasteiger partial charge in [0.1, 0.15) is 5.82 Å². The minimum atomic E-state index is -0.000277. The molecular formula is C20H22N4O. The second kappa shape index (κ2) is 6.33. The van der Waals surface area contributed by atoms with Crippen molar-refractivity contribution in [1.29, 1.82) is 0 Å². The summed E-state index contributed by atoms with van der Waals surface area (Å²) >= 11 is 0. The van der Waals surface area contributed by atoms with E-state index in [0.29, 0.717) is 6.42 Å². The van der Waals surface area contributed by atoms with Crippen LogP contribution in [0, 0.1) is 6.92 Å². The smallest absolute Gasteiger partial charge is 0.228 e. The van der Waals surface area contributed by atoms with Crippen molar-refractivity contribution in [3.8, 4) is 0 Å². The van der Waals surface area contributed by atoms with Crippen molar-refractivity contribution in [1.82, 2.24) is 14.9 Å². The molecule has 5 nitrogen and oxygen atoms in total. The summed E-state index contributed by atoms with van der Waals surface area (Å²) in [6, 6.07) is 12.2. The van der Waals surface area contributed by atoms with Crippen molar-refractivity contribution >= 4 is 22.6 Å². The highest BCUT2D eigenvalue weighted by atomic mass is 16.1. The zero-order valence-corrected chi connectivity index (χ0v) is 14.6. The fraction of sp³-hybridized carbons (Fsp3) is 0.300. The highest BCUT2D eigenvalue weighted by molar-refractivity contribution is 5.93. The maximum Gasteiger partial charge on any atom is 0.228 e. The van der Waals surface area contributed by atoms with Crippen molar-refractivity contribution in [2.75, 3.05) is 18.9 Å². The summed E-state index contributed by atoms with van der Waals surface area (Å²) in [5.74, 6) is 0.885. The number of nitrogens with zero attached hydrogens (tertiary/aromatic N) is 2. The lowest BCUT2D eigenvalue weighted by Gasteiger charge is -2.25. The molecular weight excluding hydrogens is 312 g/mol. The molecule has 0 saturated heterocycles. The van der Waals surface area contributed by atoms with E-state index < -0.39 is 0 Å². The fourth-order valence-corrected chi connectivity index (χ4v) is 3.46. The van der Waals surface area contributed by atoms with Crippen molar-refractivity contribution in [2.45, 2.75) is 26.3 Å². The first-order valence-corrected chi connectivity index (χ1v) is 8.62. The molecule has 0 spiro atoms. The van der Waals surface area contributed by atoms with Crippen LogP contribution >= 0.6 is 0 Å². The number of amides is 1. The molecule has 0 bridgehead atoms. The number of benzene rings is 2. The molecule has 0 unspecified atom stereocenters. The van der Waals surface area contributed by atoms with E-state index in [1.165, 1.54) is 11.1 Å². The zero-order chi connectivity index (χ0) is 17.4. The molecule has 2 aromatic carbocycles. The molecule has 0 atom stereocenters. The van der Waals surface area contributed by atoms with E-state index in [4.69, 9.17) is 0 Å². The molecule has 5 heteroatoms. The van der Waals surface area contributed by atoms with E-state index in [-0.39, 0.29) is 5.91 Å². The summed E-state index contributed by atoms with van der Waals surface area (Å²) in [5.41, 5.74) is 6.45. The van der Waals surface area contributed by atoms with E-state index >= 15 is 0 Å². The summed E-state index contributed by atoms with van der Waals surface area (Å²) in [5, 5.41) is 3.03. The van der Waals surface area contributed by atoms with Crippen LogP contribution in [-0.4, -0.2) is 34.4 Å². The number of H-pyrrole nitrogens is 1. The van der Waals surface area contributed by atoms with Gasteiger partial charge in [-0.05, 0) is 61.3 Å². The lowest BCUT2D eigenvalue weighted by atomic mass is 9.99. The van der Waals surface area contributed by atoms with E-state index in [1.54, 1.807) is 0 Å². The number of imidazole rings is 1. The number of anilines is 1. The van der Waals surface area contributed by atoms with Crippen LogP contribution < -0.4 is 5.32 Å². The first kappa shape index (κ1) is 15.8. The van der Waals surface area contributed by atoms with Crippen molar-refractivity contribution in [3.63, 3.8) is 0 Å². The lowest BCUT2D eigenvalue weighted by Crippen LogP contribution is -2.26. The van der Waals surface area contributed by atoms with E-state index in [9.17, 15) is 4.79 Å². The highest BCUT2D eigenvalue weighted by Gasteiger charge is 2.14. The summed E-state index contributed by atoms with van der Waals surface area (Å²) < 4.78 is 0. The number of carbonyl (C=O) groups is 1. The number of nitrogens with one attached hydrogen (secondary N) is 2. The van der Waals surface area contributed by atoms with Gasteiger partial charge in [-0.25, -0.2) is 4.98 Å². The molecule has 1 amide bonds. The largest absolute Gasteiger partial charge is 0.342 e. The average Bonchev–Trinajstić information content (AvgIpc) is 2.93. The van der Waals surface area contributed by atoms with Gasteiger partial charge < -0.3 is 15.2 Å². The Kier molecular flexibility index (Phi) is 4.01. The molecule has 2 heterocycles. The molecule has 0 fully saturated rings. The third-order valence-corrected chi connectivity index (χ3v) is 4.72. The molecule has 25 heavy (non-hydrogen) atoms. The number of hydrogen-bond donors (Lipinski definition) is 2. The number of fused-ring (bicyclic) bond motifs is 2. The Morgan fingerprint density at radius 3 is 3.00 bits per heavy atom. The van der Waals surface area contributed by atoms with Gasteiger partial charge in [-0.1, -0.05) is 12.1 Å². The Bertz CT molecular complexity index is 944. The van der Waals surface area contributed by atoms with Gasteiger partial charge in [0, 0.05) is 18.8 Å². The van der Waals surface area contributed by atoms with Gasteiger partial charge in [-0.2, -0.15) is 0 Å². The lowest BCUT2D eigenvalue weighted by molar-refractivity contribution is -0.115. The van der Waals surface area contributed by atoms with Gasteiger partial charge in [-0.15, -0.1) is 0 Å². The summed E-state index contributed by atoms with van der Waals surface area (Å²) in [6.07, 6.45) is 1.43. The number of aromatic amines is 1. The molecule has 4 rings (SSSR count). The Balaban J connectivity index is 1.47. The molecule has 2 N–H and O–H groups in total. The zero-order valence-electron chi connectivity index (χ0n) is 14.6. The molecule has 1 aliphatic rings. The van der Waals surface area contributed by atoms with Crippen molar-refractivity contribution in [2.24, 2.45) is 0 Å². The van der Waals surface area contributed by atoms with E-state index in [2.05, 4.69) is 39.4 Å². The third-order valence-electron chi connectivity index (χ3n) is 4.72. The van der Waals surface area contributed by atoms with Crippen LogP contribution in [0.5, 0.6) is 0 Å². The van der Waals surface area contributed by atoms with Crippen LogP contribution in [0.3, 0.4) is 0 Å². The molecule has 0 saturated carbocycles. The van der Waals surface area contributed by atoms with Crippen molar-refractivity contribution < 1.29 is 4.79 Å². The van der Waals surface area contributed by atoms with Crippen LogP contribution in [0.2, 0.25) is 0 Å². The normalized spacial score (nSPS) is 14.5. The first-order valence-electron chi connectivity index (χ1n) is 8.62. The van der Waals surface area contributed by atoms with Crippen LogP contribution in [0.25, 0.3) is 11.0 Å². The molecule has 128 valence electrons. The van der Waals surface area contributed by atoms with Gasteiger partial charge in [-0.3, -0.25) is 4.79 Å². The average molecular weight is 334 g/mol. The van der Waals surface area contributed by atoms with Crippen LogP contribution in [0.15, 0.2) is 36.4 Å². The topological polar surface area (TPSA) is 61.0 Å². The maximum absolute atomic E-state index is 12.4. The summed E-state index contributed by atoms with van der Waals surface area (Å²) in [4.78, 5) is 22.3. The van der Waals surface area contributed by atoms with Gasteiger partial charge in [0.15, 0.2) is 0 Å². The van der Waals surface area contributed by atoms with Crippen molar-refractivity contribution in [3.05, 3.63) is 58.9 Å². The minimum Gasteiger partial charge on any atom is -0.342 e. The molecule has 1 aliphatic heterocycles. The second-order valence-corrected chi connectivity index (χ2v) is 6.87. The van der Waals surface area contributed by atoms with Crippen LogP contribution in [0.1, 0.15) is 22.5 Å². The SMILES string of the molecule is Cc1nc2ccc(CC(=O)Nc3ccc4c(c3)CN(C)CC4)cc2[nH]1. The number of aryl methyl sites for hydroxylation is 1. The summed E-state index contributed by atoms with van der Waals surface area (Å²) in [7, 11) is 2.13. The standard InChI is InChI=1S/C20H22N4O/c1-13-21-18-6-3-14(9-19(18)22-13)10-20(25)23-17-5-4-15-7-8-24(2)12-16(15)11-17/h3-6,9,11H,7-8,10,12H2,1-2H3,(H,21,22)(H,23,25). The van der Waals surface area contributed by atoms with Gasteiger partial charge in [0.2, 0.25) is 5.91 Å². The fourth-order valence-electron chi connectivity index (χ4n) is 3.46. The Morgan fingerprint density at radius 2 is 2.12 bits per heavy atom. The van der Waals surface area contributed by atoms with Crippen LogP contribution in [0.4, 0.5) is 5.69 Å². The number of aromatic nitrogens is 2. The van der Waals surface area contributed by atoms with Gasteiger partial charge >= 0.3 is 0 Å². The quantitative estimate of drug-likeness (QED) is 0.774.